The average Bonchev–Trinajstić information content (AvgIpc) is 3.02. The van der Waals surface area contributed by atoms with Crippen LogP contribution in [0.4, 0.5) is 0 Å². The Morgan fingerprint density at radius 1 is 1.25 bits per heavy atom. The number of nitrogens with zero attached hydrogens (tertiary/aromatic N) is 1. The Bertz CT molecular complexity index is 457. The number of amides is 1. The molecule has 1 aromatic rings. The third-order valence-electron chi connectivity index (χ3n) is 5.01. The largest absolute Gasteiger partial charge is 0.341 e. The lowest BCUT2D eigenvalue weighted by Crippen LogP contribution is -2.49. The molecular weight excluding hydrogens is 248 g/mol. The molecule has 1 unspecified atom stereocenters. The van der Waals surface area contributed by atoms with Crippen LogP contribution in [0, 0.1) is 0 Å². The van der Waals surface area contributed by atoms with Gasteiger partial charge < -0.3 is 10.2 Å². The quantitative estimate of drug-likeness (QED) is 0.896. The van der Waals surface area contributed by atoms with Gasteiger partial charge in [-0.15, -0.1) is 0 Å². The number of hydrogen-bond donors (Lipinski definition) is 1. The highest BCUT2D eigenvalue weighted by Crippen LogP contribution is 2.35. The molecule has 1 N–H and O–H groups in total. The minimum Gasteiger partial charge on any atom is -0.341 e. The number of hydrogen-bond acceptors (Lipinski definition) is 2. The molecule has 2 heterocycles. The monoisotopic (exact) mass is 272 g/mol. The van der Waals surface area contributed by atoms with Crippen molar-refractivity contribution in [1.29, 1.82) is 0 Å². The maximum atomic E-state index is 12.4. The van der Waals surface area contributed by atoms with E-state index in [1.54, 1.807) is 0 Å². The van der Waals surface area contributed by atoms with Gasteiger partial charge in [-0.25, -0.2) is 0 Å². The Kier molecular flexibility index (Phi) is 3.79. The van der Waals surface area contributed by atoms with Gasteiger partial charge in [-0.05, 0) is 43.2 Å². The molecule has 20 heavy (non-hydrogen) atoms. The number of rotatable bonds is 2. The predicted molar refractivity (Wildman–Crippen MR) is 80.6 cm³/mol. The zero-order valence-electron chi connectivity index (χ0n) is 12.3. The van der Waals surface area contributed by atoms with Gasteiger partial charge in [0, 0.05) is 13.1 Å². The Balaban J connectivity index is 1.63. The van der Waals surface area contributed by atoms with Gasteiger partial charge >= 0.3 is 0 Å². The summed E-state index contributed by atoms with van der Waals surface area (Å²) in [5.74, 6) is 0.317. The molecule has 0 bridgehead atoms. The molecule has 0 spiro atoms. The van der Waals surface area contributed by atoms with Crippen molar-refractivity contribution in [2.75, 3.05) is 19.6 Å². The first-order valence-corrected chi connectivity index (χ1v) is 7.77. The van der Waals surface area contributed by atoms with Crippen molar-refractivity contribution in [2.24, 2.45) is 0 Å². The van der Waals surface area contributed by atoms with Crippen LogP contribution in [-0.2, 0) is 10.2 Å². The summed E-state index contributed by atoms with van der Waals surface area (Å²) in [6.45, 7) is 5.11. The zero-order chi connectivity index (χ0) is 14.0. The normalized spacial score (nSPS) is 25.6. The van der Waals surface area contributed by atoms with Crippen LogP contribution in [0.5, 0.6) is 0 Å². The molecule has 2 fully saturated rings. The third-order valence-corrected chi connectivity index (χ3v) is 5.01. The number of likely N-dealkylation sites (tertiary alicyclic amines) is 1. The predicted octanol–water partition coefficient (Wildman–Crippen LogP) is 2.32. The lowest BCUT2D eigenvalue weighted by atomic mass is 9.74. The van der Waals surface area contributed by atoms with Crippen molar-refractivity contribution in [3.05, 3.63) is 35.9 Å². The molecule has 2 aliphatic heterocycles. The van der Waals surface area contributed by atoms with Crippen molar-refractivity contribution < 1.29 is 4.79 Å². The maximum Gasteiger partial charge on any atom is 0.239 e. The maximum absolute atomic E-state index is 12.4. The highest BCUT2D eigenvalue weighted by Gasteiger charge is 2.35. The Morgan fingerprint density at radius 2 is 1.95 bits per heavy atom. The molecule has 3 rings (SSSR count). The van der Waals surface area contributed by atoms with E-state index in [2.05, 4.69) is 47.5 Å². The van der Waals surface area contributed by atoms with Crippen molar-refractivity contribution in [3.63, 3.8) is 0 Å². The highest BCUT2D eigenvalue weighted by molar-refractivity contribution is 5.82. The summed E-state index contributed by atoms with van der Waals surface area (Å²) in [6.07, 6.45) is 4.27. The van der Waals surface area contributed by atoms with E-state index in [0.29, 0.717) is 5.91 Å². The summed E-state index contributed by atoms with van der Waals surface area (Å²) in [6, 6.07) is 10.8. The van der Waals surface area contributed by atoms with E-state index in [1.165, 1.54) is 5.56 Å². The zero-order valence-corrected chi connectivity index (χ0v) is 12.3. The number of benzene rings is 1. The topological polar surface area (TPSA) is 32.3 Å². The third kappa shape index (κ3) is 2.59. The summed E-state index contributed by atoms with van der Waals surface area (Å²) in [4.78, 5) is 14.5. The van der Waals surface area contributed by atoms with Gasteiger partial charge in [-0.2, -0.15) is 0 Å². The van der Waals surface area contributed by atoms with Gasteiger partial charge in [0.1, 0.15) is 0 Å². The summed E-state index contributed by atoms with van der Waals surface area (Å²) in [5.41, 5.74) is 1.63. The molecule has 2 saturated heterocycles. The van der Waals surface area contributed by atoms with Crippen molar-refractivity contribution in [3.8, 4) is 0 Å². The van der Waals surface area contributed by atoms with Gasteiger partial charge in [0.2, 0.25) is 5.91 Å². The van der Waals surface area contributed by atoms with E-state index >= 15 is 0 Å². The number of nitrogens with one attached hydrogen (secondary N) is 1. The minimum absolute atomic E-state index is 0.0797. The summed E-state index contributed by atoms with van der Waals surface area (Å²) in [5, 5.41) is 3.31. The van der Waals surface area contributed by atoms with E-state index in [4.69, 9.17) is 0 Å². The second-order valence-electron chi connectivity index (χ2n) is 6.40. The second-order valence-corrected chi connectivity index (χ2v) is 6.40. The SMILES string of the molecule is CC1(c2ccccc2)CCN(C(=O)C2CCCN2)CC1. The molecule has 1 amide bonds. The molecule has 0 aliphatic carbocycles. The Hall–Kier alpha value is -1.35. The van der Waals surface area contributed by atoms with Crippen LogP contribution < -0.4 is 5.32 Å². The van der Waals surface area contributed by atoms with Gasteiger partial charge in [0.05, 0.1) is 6.04 Å². The van der Waals surface area contributed by atoms with Crippen LogP contribution in [-0.4, -0.2) is 36.5 Å². The van der Waals surface area contributed by atoms with Crippen LogP contribution in [0.25, 0.3) is 0 Å². The van der Waals surface area contributed by atoms with Crippen molar-refractivity contribution in [2.45, 2.75) is 44.1 Å². The average molecular weight is 272 g/mol. The van der Waals surface area contributed by atoms with E-state index in [9.17, 15) is 4.79 Å². The Morgan fingerprint density at radius 3 is 2.55 bits per heavy atom. The van der Waals surface area contributed by atoms with Gasteiger partial charge in [0.25, 0.3) is 0 Å². The molecular formula is C17H24N2O. The fourth-order valence-electron chi connectivity index (χ4n) is 3.47. The lowest BCUT2D eigenvalue weighted by molar-refractivity contribution is -0.134. The number of piperidine rings is 1. The Labute approximate surface area is 121 Å². The van der Waals surface area contributed by atoms with E-state index in [-0.39, 0.29) is 11.5 Å². The summed E-state index contributed by atoms with van der Waals surface area (Å²) < 4.78 is 0. The summed E-state index contributed by atoms with van der Waals surface area (Å²) >= 11 is 0. The van der Waals surface area contributed by atoms with Gasteiger partial charge in [-0.3, -0.25) is 4.79 Å². The van der Waals surface area contributed by atoms with Crippen LogP contribution in [0.2, 0.25) is 0 Å². The molecule has 1 atom stereocenters. The van der Waals surface area contributed by atoms with Crippen LogP contribution in [0.3, 0.4) is 0 Å². The molecule has 3 nitrogen and oxygen atoms in total. The molecule has 108 valence electrons. The minimum atomic E-state index is 0.0797. The van der Waals surface area contributed by atoms with E-state index in [0.717, 1.165) is 45.3 Å². The molecule has 0 aromatic heterocycles. The molecule has 0 radical (unpaired) electrons. The summed E-state index contributed by atoms with van der Waals surface area (Å²) in [7, 11) is 0. The first-order valence-electron chi connectivity index (χ1n) is 7.77. The van der Waals surface area contributed by atoms with Crippen LogP contribution in [0.1, 0.15) is 38.2 Å². The number of carbonyl (C=O) groups is 1. The molecule has 0 saturated carbocycles. The van der Waals surface area contributed by atoms with E-state index < -0.39 is 0 Å². The first kappa shape index (κ1) is 13.6. The smallest absolute Gasteiger partial charge is 0.239 e. The fraction of sp³-hybridized carbons (Fsp3) is 0.588. The van der Waals surface area contributed by atoms with Crippen molar-refractivity contribution in [1.82, 2.24) is 10.2 Å². The number of carbonyl (C=O) groups excluding carboxylic acids is 1. The lowest BCUT2D eigenvalue weighted by Gasteiger charge is -2.40. The second kappa shape index (κ2) is 5.57. The van der Waals surface area contributed by atoms with Gasteiger partial charge in [0.15, 0.2) is 0 Å². The molecule has 1 aromatic carbocycles. The molecule has 2 aliphatic rings. The van der Waals surface area contributed by atoms with Crippen LogP contribution >= 0.6 is 0 Å². The first-order chi connectivity index (χ1) is 9.69. The standard InChI is InChI=1S/C17H24N2O/c1-17(14-6-3-2-4-7-14)9-12-19(13-10-17)16(20)15-8-5-11-18-15/h2-4,6-7,15,18H,5,8-13H2,1H3. The highest BCUT2D eigenvalue weighted by atomic mass is 16.2. The molecule has 3 heteroatoms. The van der Waals surface area contributed by atoms with Crippen molar-refractivity contribution >= 4 is 5.91 Å². The van der Waals surface area contributed by atoms with E-state index in [1.807, 2.05) is 0 Å². The van der Waals surface area contributed by atoms with Crippen LogP contribution in [0.15, 0.2) is 30.3 Å². The fourth-order valence-corrected chi connectivity index (χ4v) is 3.47. The van der Waals surface area contributed by atoms with Gasteiger partial charge in [-0.1, -0.05) is 37.3 Å².